The molecule has 0 amide bonds. The lowest BCUT2D eigenvalue weighted by Gasteiger charge is -2.13. The van der Waals surface area contributed by atoms with E-state index in [0.717, 1.165) is 18.1 Å². The normalized spacial score (nSPS) is 12.6. The highest BCUT2D eigenvalue weighted by Crippen LogP contribution is 1.95. The number of rotatable bonds is 12. The molecule has 0 aromatic rings. The van der Waals surface area contributed by atoms with Crippen LogP contribution in [-0.2, 0) is 9.47 Å². The molecule has 0 aromatic carbocycles. The first-order valence-corrected chi connectivity index (χ1v) is 7.41. The fourth-order valence-corrected chi connectivity index (χ4v) is 1.72. The van der Waals surface area contributed by atoms with E-state index in [1.807, 2.05) is 13.8 Å². The number of aliphatic hydroxyl groups excluding tert-OH is 1. The Kier molecular flexibility index (Phi) is 13.0. The fourth-order valence-electron chi connectivity index (χ4n) is 1.17. The summed E-state index contributed by atoms with van der Waals surface area (Å²) >= 11 is 1.70. The first kappa shape index (κ1) is 17.8. The van der Waals surface area contributed by atoms with Crippen LogP contribution in [0.15, 0.2) is 0 Å². The summed E-state index contributed by atoms with van der Waals surface area (Å²) in [6, 6.07) is 0. The third-order valence-electron chi connectivity index (χ3n) is 1.98. The Bertz CT molecular complexity index is 219. The minimum atomic E-state index is -0.471. The molecule has 2 N–H and O–H groups in total. The molecule has 1 atom stereocenters. The molecule has 0 radical (unpaired) electrons. The average molecular weight is 275 g/mol. The predicted molar refractivity (Wildman–Crippen MR) is 76.9 cm³/mol. The molecule has 0 heterocycles. The van der Waals surface area contributed by atoms with Crippen molar-refractivity contribution in [3.8, 4) is 12.3 Å². The van der Waals surface area contributed by atoms with Crippen LogP contribution in [0.25, 0.3) is 0 Å². The Hall–Kier alpha value is -0.250. The van der Waals surface area contributed by atoms with Gasteiger partial charge >= 0.3 is 0 Å². The standard InChI is InChI=1S/C13H25NO3S/c1-4-8-18-9-5-14-10-13(15)11-16-6-7-17-12(2)3/h1,12-15H,5-11H2,2-3H3. The quantitative estimate of drug-likeness (QED) is 0.406. The molecule has 0 aromatic heterocycles. The first-order valence-electron chi connectivity index (χ1n) is 6.26. The minimum absolute atomic E-state index is 0.223. The van der Waals surface area contributed by atoms with Gasteiger partial charge in [-0.05, 0) is 13.8 Å². The van der Waals surface area contributed by atoms with E-state index in [2.05, 4.69) is 11.2 Å². The van der Waals surface area contributed by atoms with Gasteiger partial charge in [-0.1, -0.05) is 5.92 Å². The maximum atomic E-state index is 9.59. The van der Waals surface area contributed by atoms with E-state index in [1.54, 1.807) is 11.8 Å². The van der Waals surface area contributed by atoms with Crippen LogP contribution >= 0.6 is 11.8 Å². The Labute approximate surface area is 115 Å². The van der Waals surface area contributed by atoms with Crippen LogP contribution in [0.4, 0.5) is 0 Å². The molecule has 0 saturated heterocycles. The SMILES string of the molecule is C#CCSCCNCC(O)COCCOC(C)C. The van der Waals surface area contributed by atoms with Crippen molar-refractivity contribution in [2.75, 3.05) is 44.4 Å². The molecular weight excluding hydrogens is 250 g/mol. The third kappa shape index (κ3) is 13.8. The molecule has 0 fully saturated rings. The topological polar surface area (TPSA) is 50.7 Å². The summed E-state index contributed by atoms with van der Waals surface area (Å²) in [4.78, 5) is 0. The predicted octanol–water partition coefficient (Wildman–Crippen LogP) is 0.745. The zero-order valence-electron chi connectivity index (χ0n) is 11.4. The maximum absolute atomic E-state index is 9.59. The molecule has 0 aliphatic carbocycles. The lowest BCUT2D eigenvalue weighted by Crippen LogP contribution is -2.32. The van der Waals surface area contributed by atoms with E-state index in [-0.39, 0.29) is 6.10 Å². The fraction of sp³-hybridized carbons (Fsp3) is 0.846. The second-order valence-corrected chi connectivity index (χ2v) is 5.21. The van der Waals surface area contributed by atoms with Gasteiger partial charge < -0.3 is 19.9 Å². The molecule has 4 nitrogen and oxygen atoms in total. The summed E-state index contributed by atoms with van der Waals surface area (Å²) < 4.78 is 10.6. The van der Waals surface area contributed by atoms with E-state index >= 15 is 0 Å². The van der Waals surface area contributed by atoms with Gasteiger partial charge in [0.1, 0.15) is 0 Å². The number of aliphatic hydroxyl groups is 1. The third-order valence-corrected chi connectivity index (χ3v) is 2.84. The summed E-state index contributed by atoms with van der Waals surface area (Å²) in [5.41, 5.74) is 0. The molecule has 0 aliphatic rings. The second-order valence-electron chi connectivity index (χ2n) is 4.11. The Morgan fingerprint density at radius 2 is 2.17 bits per heavy atom. The molecule has 0 rings (SSSR count). The smallest absolute Gasteiger partial charge is 0.0897 e. The average Bonchev–Trinajstić information content (AvgIpc) is 2.33. The first-order chi connectivity index (χ1) is 8.66. The second kappa shape index (κ2) is 13.2. The van der Waals surface area contributed by atoms with Crippen LogP contribution in [-0.4, -0.2) is 61.7 Å². The number of thioether (sulfide) groups is 1. The van der Waals surface area contributed by atoms with Crippen molar-refractivity contribution in [3.63, 3.8) is 0 Å². The van der Waals surface area contributed by atoms with Crippen LogP contribution in [0.1, 0.15) is 13.8 Å². The van der Waals surface area contributed by atoms with Crippen molar-refractivity contribution in [1.29, 1.82) is 0 Å². The number of hydrogen-bond acceptors (Lipinski definition) is 5. The van der Waals surface area contributed by atoms with Gasteiger partial charge in [-0.25, -0.2) is 0 Å². The lowest BCUT2D eigenvalue weighted by molar-refractivity contribution is -0.00982. The van der Waals surface area contributed by atoms with Crippen LogP contribution in [0.2, 0.25) is 0 Å². The molecule has 106 valence electrons. The number of nitrogens with one attached hydrogen (secondary N) is 1. The van der Waals surface area contributed by atoms with Crippen LogP contribution < -0.4 is 5.32 Å². The van der Waals surface area contributed by atoms with Gasteiger partial charge in [0.25, 0.3) is 0 Å². The highest BCUT2D eigenvalue weighted by Gasteiger charge is 2.03. The van der Waals surface area contributed by atoms with E-state index in [0.29, 0.717) is 26.4 Å². The van der Waals surface area contributed by atoms with Crippen LogP contribution in [0.3, 0.4) is 0 Å². The maximum Gasteiger partial charge on any atom is 0.0897 e. The largest absolute Gasteiger partial charge is 0.389 e. The van der Waals surface area contributed by atoms with Crippen LogP contribution in [0.5, 0.6) is 0 Å². The molecular formula is C13H25NO3S. The minimum Gasteiger partial charge on any atom is -0.389 e. The van der Waals surface area contributed by atoms with Gasteiger partial charge in [0.15, 0.2) is 0 Å². The van der Waals surface area contributed by atoms with Crippen LogP contribution in [0, 0.1) is 12.3 Å². The van der Waals surface area contributed by atoms with Gasteiger partial charge in [-0.2, -0.15) is 0 Å². The monoisotopic (exact) mass is 275 g/mol. The van der Waals surface area contributed by atoms with Crippen molar-refractivity contribution in [2.24, 2.45) is 0 Å². The molecule has 0 spiro atoms. The van der Waals surface area contributed by atoms with Gasteiger partial charge in [-0.3, -0.25) is 0 Å². The molecule has 0 saturated carbocycles. The summed E-state index contributed by atoms with van der Waals surface area (Å²) in [6.07, 6.45) is 4.88. The lowest BCUT2D eigenvalue weighted by atomic mass is 10.4. The van der Waals surface area contributed by atoms with Crippen molar-refractivity contribution in [3.05, 3.63) is 0 Å². The molecule has 5 heteroatoms. The number of terminal acetylenes is 1. The van der Waals surface area contributed by atoms with Gasteiger partial charge in [-0.15, -0.1) is 18.2 Å². The number of hydrogen-bond donors (Lipinski definition) is 2. The van der Waals surface area contributed by atoms with E-state index < -0.39 is 6.10 Å². The van der Waals surface area contributed by atoms with Crippen molar-refractivity contribution in [1.82, 2.24) is 5.32 Å². The highest BCUT2D eigenvalue weighted by molar-refractivity contribution is 7.99. The number of ether oxygens (including phenoxy) is 2. The van der Waals surface area contributed by atoms with E-state index in [4.69, 9.17) is 15.9 Å². The Morgan fingerprint density at radius 3 is 2.83 bits per heavy atom. The van der Waals surface area contributed by atoms with Crippen molar-refractivity contribution in [2.45, 2.75) is 26.1 Å². The molecule has 0 bridgehead atoms. The molecule has 1 unspecified atom stereocenters. The highest BCUT2D eigenvalue weighted by atomic mass is 32.2. The van der Waals surface area contributed by atoms with E-state index in [9.17, 15) is 5.11 Å². The van der Waals surface area contributed by atoms with Crippen molar-refractivity contribution < 1.29 is 14.6 Å². The molecule has 18 heavy (non-hydrogen) atoms. The van der Waals surface area contributed by atoms with Crippen molar-refractivity contribution >= 4 is 11.8 Å². The summed E-state index contributed by atoms with van der Waals surface area (Å²) in [6.45, 7) is 6.79. The summed E-state index contributed by atoms with van der Waals surface area (Å²) in [5.74, 6) is 4.27. The zero-order valence-corrected chi connectivity index (χ0v) is 12.2. The van der Waals surface area contributed by atoms with Gasteiger partial charge in [0, 0.05) is 18.8 Å². The van der Waals surface area contributed by atoms with Gasteiger partial charge in [0.05, 0.1) is 37.8 Å². The summed E-state index contributed by atoms with van der Waals surface area (Å²) in [5, 5.41) is 12.7. The Balaban J connectivity index is 3.17. The zero-order chi connectivity index (χ0) is 13.6. The van der Waals surface area contributed by atoms with E-state index in [1.165, 1.54) is 0 Å². The Morgan fingerprint density at radius 1 is 1.39 bits per heavy atom. The summed E-state index contributed by atoms with van der Waals surface area (Å²) in [7, 11) is 0. The molecule has 0 aliphatic heterocycles. The van der Waals surface area contributed by atoms with Gasteiger partial charge in [0.2, 0.25) is 0 Å².